The van der Waals surface area contributed by atoms with E-state index in [2.05, 4.69) is 11.9 Å². The number of hydrogen-bond donors (Lipinski definition) is 0. The first-order valence-electron chi connectivity index (χ1n) is 6.87. The molecule has 0 spiro atoms. The maximum Gasteiger partial charge on any atom is 0.309 e. The van der Waals surface area contributed by atoms with Gasteiger partial charge in [0.05, 0.1) is 28.1 Å². The first-order chi connectivity index (χ1) is 9.10. The van der Waals surface area contributed by atoms with Crippen molar-refractivity contribution in [2.24, 2.45) is 0 Å². The van der Waals surface area contributed by atoms with Crippen molar-refractivity contribution in [1.29, 1.82) is 0 Å². The van der Waals surface area contributed by atoms with Crippen LogP contribution in [0.2, 0.25) is 0 Å². The van der Waals surface area contributed by atoms with Crippen LogP contribution in [0.3, 0.4) is 0 Å². The first-order valence-corrected chi connectivity index (χ1v) is 7.69. The number of thiazole rings is 1. The lowest BCUT2D eigenvalue weighted by molar-refractivity contribution is -0.150. The summed E-state index contributed by atoms with van der Waals surface area (Å²) in [7, 11) is 0. The van der Waals surface area contributed by atoms with Gasteiger partial charge in [-0.25, -0.2) is 4.98 Å². The summed E-state index contributed by atoms with van der Waals surface area (Å²) in [5.41, 5.74) is 0.972. The highest BCUT2D eigenvalue weighted by Gasteiger charge is 2.23. The molecule has 19 heavy (non-hydrogen) atoms. The predicted molar refractivity (Wildman–Crippen MR) is 74.3 cm³/mol. The average molecular weight is 283 g/mol. The van der Waals surface area contributed by atoms with Crippen LogP contribution in [-0.4, -0.2) is 23.7 Å². The maximum absolute atomic E-state index is 11.9. The molecule has 1 aromatic rings. The van der Waals surface area contributed by atoms with Crippen LogP contribution in [0, 0.1) is 6.92 Å². The predicted octanol–water partition coefficient (Wildman–Crippen LogP) is 3.19. The zero-order valence-electron chi connectivity index (χ0n) is 11.8. The fourth-order valence-corrected chi connectivity index (χ4v) is 3.27. The molecule has 0 bridgehead atoms. The summed E-state index contributed by atoms with van der Waals surface area (Å²) < 4.78 is 10.9. The maximum atomic E-state index is 11.9. The van der Waals surface area contributed by atoms with E-state index in [9.17, 15) is 4.79 Å². The van der Waals surface area contributed by atoms with Crippen molar-refractivity contribution >= 4 is 17.3 Å². The third-order valence-electron chi connectivity index (χ3n) is 3.27. The zero-order valence-corrected chi connectivity index (χ0v) is 12.6. The number of ether oxygens (including phenoxy) is 2. The smallest absolute Gasteiger partial charge is 0.309 e. The number of nitrogens with zero attached hydrogens (tertiary/aromatic N) is 1. The van der Waals surface area contributed by atoms with Crippen LogP contribution in [0.1, 0.15) is 54.8 Å². The Morgan fingerprint density at radius 1 is 1.63 bits per heavy atom. The molecule has 0 saturated carbocycles. The van der Waals surface area contributed by atoms with Crippen LogP contribution in [0.4, 0.5) is 0 Å². The second kappa shape index (κ2) is 6.48. The molecule has 2 unspecified atom stereocenters. The topological polar surface area (TPSA) is 48.4 Å². The minimum Gasteiger partial charge on any atom is -0.457 e. The molecule has 4 nitrogen and oxygen atoms in total. The quantitative estimate of drug-likeness (QED) is 0.779. The summed E-state index contributed by atoms with van der Waals surface area (Å²) >= 11 is 1.63. The van der Waals surface area contributed by atoms with Crippen LogP contribution in [0.15, 0.2) is 0 Å². The Kier molecular flexibility index (Phi) is 4.93. The van der Waals surface area contributed by atoms with Gasteiger partial charge in [0, 0.05) is 6.61 Å². The Morgan fingerprint density at radius 3 is 3.00 bits per heavy atom. The molecular formula is C14H21NO3S. The van der Waals surface area contributed by atoms with E-state index in [4.69, 9.17) is 9.47 Å². The van der Waals surface area contributed by atoms with Gasteiger partial charge in [-0.05, 0) is 33.1 Å². The zero-order chi connectivity index (χ0) is 13.8. The highest BCUT2D eigenvalue weighted by molar-refractivity contribution is 7.11. The van der Waals surface area contributed by atoms with Gasteiger partial charge in [0.25, 0.3) is 0 Å². The van der Waals surface area contributed by atoms with Crippen LogP contribution in [-0.2, 0) is 20.7 Å². The van der Waals surface area contributed by atoms with Crippen molar-refractivity contribution in [1.82, 2.24) is 4.98 Å². The van der Waals surface area contributed by atoms with E-state index < -0.39 is 0 Å². The van der Waals surface area contributed by atoms with Crippen molar-refractivity contribution < 1.29 is 14.3 Å². The van der Waals surface area contributed by atoms with Gasteiger partial charge in [0.2, 0.25) is 0 Å². The molecule has 5 heteroatoms. The van der Waals surface area contributed by atoms with Crippen molar-refractivity contribution in [2.45, 2.75) is 58.7 Å². The van der Waals surface area contributed by atoms with E-state index in [0.717, 1.165) is 41.4 Å². The Balaban J connectivity index is 1.90. The van der Waals surface area contributed by atoms with Gasteiger partial charge < -0.3 is 9.47 Å². The van der Waals surface area contributed by atoms with E-state index in [0.29, 0.717) is 6.42 Å². The third-order valence-corrected chi connectivity index (χ3v) is 4.74. The second-order valence-electron chi connectivity index (χ2n) is 4.88. The lowest BCUT2D eigenvalue weighted by Gasteiger charge is -2.14. The van der Waals surface area contributed by atoms with Gasteiger partial charge in [-0.2, -0.15) is 0 Å². The largest absolute Gasteiger partial charge is 0.457 e. The van der Waals surface area contributed by atoms with E-state index in [1.807, 2.05) is 13.8 Å². The molecule has 1 aromatic heterocycles. The van der Waals surface area contributed by atoms with E-state index >= 15 is 0 Å². The molecule has 0 amide bonds. The summed E-state index contributed by atoms with van der Waals surface area (Å²) in [6, 6.07) is 0. The van der Waals surface area contributed by atoms with Gasteiger partial charge in [-0.3, -0.25) is 4.79 Å². The van der Waals surface area contributed by atoms with Crippen LogP contribution >= 0.6 is 11.3 Å². The van der Waals surface area contributed by atoms with Gasteiger partial charge in [-0.15, -0.1) is 11.3 Å². The Morgan fingerprint density at radius 2 is 2.42 bits per heavy atom. The normalized spacial score (nSPS) is 20.5. The molecule has 2 heterocycles. The molecule has 0 N–H and O–H groups in total. The third kappa shape index (κ3) is 3.76. The van der Waals surface area contributed by atoms with E-state index in [1.165, 1.54) is 0 Å². The standard InChI is InChI=1S/C14H21NO3S/c1-4-12-15-9(2)14(19-12)10(3)18-13(16)8-11-6-5-7-17-11/h10-11H,4-8H2,1-3H3. The lowest BCUT2D eigenvalue weighted by atomic mass is 10.2. The number of esters is 1. The number of aryl methyl sites for hydroxylation is 2. The molecular weight excluding hydrogens is 262 g/mol. The molecule has 0 radical (unpaired) electrons. The van der Waals surface area contributed by atoms with Gasteiger partial charge in [0.1, 0.15) is 6.10 Å². The number of rotatable bonds is 5. The van der Waals surface area contributed by atoms with Crippen molar-refractivity contribution in [2.75, 3.05) is 6.61 Å². The number of hydrogen-bond acceptors (Lipinski definition) is 5. The van der Waals surface area contributed by atoms with E-state index in [1.54, 1.807) is 11.3 Å². The van der Waals surface area contributed by atoms with Crippen molar-refractivity contribution in [3.05, 3.63) is 15.6 Å². The molecule has 106 valence electrons. The Hall–Kier alpha value is -0.940. The monoisotopic (exact) mass is 283 g/mol. The Labute approximate surface area is 118 Å². The number of aromatic nitrogens is 1. The minimum absolute atomic E-state index is 0.0495. The molecule has 1 saturated heterocycles. The molecule has 1 fully saturated rings. The number of carbonyl (C=O) groups is 1. The van der Waals surface area contributed by atoms with Crippen molar-refractivity contribution in [3.63, 3.8) is 0 Å². The molecule has 0 aromatic carbocycles. The highest BCUT2D eigenvalue weighted by Crippen LogP contribution is 2.28. The average Bonchev–Trinajstić information content (AvgIpc) is 2.98. The molecule has 0 aliphatic carbocycles. The SMILES string of the molecule is CCc1nc(C)c(C(C)OC(=O)CC2CCCO2)s1. The van der Waals surface area contributed by atoms with Crippen molar-refractivity contribution in [3.8, 4) is 0 Å². The van der Waals surface area contributed by atoms with Gasteiger partial charge in [0.15, 0.2) is 0 Å². The fourth-order valence-electron chi connectivity index (χ4n) is 2.28. The summed E-state index contributed by atoms with van der Waals surface area (Å²) in [5, 5.41) is 1.09. The summed E-state index contributed by atoms with van der Waals surface area (Å²) in [4.78, 5) is 17.4. The summed E-state index contributed by atoms with van der Waals surface area (Å²) in [5.74, 6) is -0.176. The summed E-state index contributed by atoms with van der Waals surface area (Å²) in [6.07, 6.45) is 3.12. The fraction of sp³-hybridized carbons (Fsp3) is 0.714. The van der Waals surface area contributed by atoms with Crippen LogP contribution in [0.25, 0.3) is 0 Å². The molecule has 1 aliphatic heterocycles. The lowest BCUT2D eigenvalue weighted by Crippen LogP contribution is -2.16. The van der Waals surface area contributed by atoms with Crippen LogP contribution < -0.4 is 0 Å². The molecule has 2 atom stereocenters. The molecule has 1 aliphatic rings. The van der Waals surface area contributed by atoms with Gasteiger partial charge in [-0.1, -0.05) is 6.92 Å². The number of carbonyl (C=O) groups excluding carboxylic acids is 1. The second-order valence-corrected chi connectivity index (χ2v) is 6.00. The first kappa shape index (κ1) is 14.5. The van der Waals surface area contributed by atoms with Crippen LogP contribution in [0.5, 0.6) is 0 Å². The van der Waals surface area contributed by atoms with E-state index in [-0.39, 0.29) is 18.2 Å². The minimum atomic E-state index is -0.216. The van der Waals surface area contributed by atoms with Gasteiger partial charge >= 0.3 is 5.97 Å². The molecule has 2 rings (SSSR count). The summed E-state index contributed by atoms with van der Waals surface area (Å²) in [6.45, 7) is 6.72. The highest BCUT2D eigenvalue weighted by atomic mass is 32.1. The Bertz CT molecular complexity index is 438.